The first-order valence-electron chi connectivity index (χ1n) is 3.79. The third-order valence-electron chi connectivity index (χ3n) is 1.15. The Labute approximate surface area is 63.9 Å². The van der Waals surface area contributed by atoms with Gasteiger partial charge in [0.05, 0.1) is 6.34 Å². The van der Waals surface area contributed by atoms with Crippen LogP contribution in [0.5, 0.6) is 0 Å². The Bertz CT molecular complexity index is 95.4. The van der Waals surface area contributed by atoms with Crippen molar-refractivity contribution in [2.45, 2.75) is 20.3 Å². The molecule has 0 N–H and O–H groups in total. The molecule has 0 aliphatic heterocycles. The molecule has 0 amide bonds. The van der Waals surface area contributed by atoms with Gasteiger partial charge in [0.2, 0.25) is 0 Å². The van der Waals surface area contributed by atoms with Crippen molar-refractivity contribution in [1.29, 1.82) is 0 Å². The second kappa shape index (κ2) is 5.27. The van der Waals surface area contributed by atoms with Gasteiger partial charge in [-0.1, -0.05) is 13.8 Å². The highest BCUT2D eigenvalue weighted by Crippen LogP contribution is 1.97. The van der Waals surface area contributed by atoms with Crippen molar-refractivity contribution < 1.29 is 0 Å². The second-order valence-electron chi connectivity index (χ2n) is 3.17. The molecule has 0 aromatic carbocycles. The molecule has 10 heavy (non-hydrogen) atoms. The van der Waals surface area contributed by atoms with Crippen LogP contribution in [0.15, 0.2) is 4.99 Å². The molecule has 0 radical (unpaired) electrons. The van der Waals surface area contributed by atoms with Crippen molar-refractivity contribution in [3.8, 4) is 0 Å². The Kier molecular flexibility index (Phi) is 4.99. The number of nitrogens with zero attached hydrogens (tertiary/aromatic N) is 2. The zero-order chi connectivity index (χ0) is 7.98. The van der Waals surface area contributed by atoms with E-state index in [0.717, 1.165) is 12.5 Å². The van der Waals surface area contributed by atoms with E-state index in [-0.39, 0.29) is 0 Å². The van der Waals surface area contributed by atoms with Crippen LogP contribution in [-0.4, -0.2) is 31.9 Å². The monoisotopic (exact) mass is 142 g/mol. The van der Waals surface area contributed by atoms with Crippen molar-refractivity contribution >= 4 is 6.34 Å². The van der Waals surface area contributed by atoms with Crippen molar-refractivity contribution in [2.75, 3.05) is 20.6 Å². The molecule has 0 saturated heterocycles. The van der Waals surface area contributed by atoms with E-state index in [1.54, 1.807) is 0 Å². The molecule has 0 saturated carbocycles. The molecule has 0 unspecified atom stereocenters. The fourth-order valence-corrected chi connectivity index (χ4v) is 0.554. The van der Waals surface area contributed by atoms with Crippen LogP contribution < -0.4 is 0 Å². The largest absolute Gasteiger partial charge is 0.369 e. The maximum absolute atomic E-state index is 4.21. The molecule has 60 valence electrons. The van der Waals surface area contributed by atoms with Gasteiger partial charge in [-0.15, -0.1) is 0 Å². The molecule has 0 heterocycles. The van der Waals surface area contributed by atoms with Crippen molar-refractivity contribution in [3.05, 3.63) is 0 Å². The average molecular weight is 142 g/mol. The Morgan fingerprint density at radius 1 is 1.40 bits per heavy atom. The summed E-state index contributed by atoms with van der Waals surface area (Å²) in [6, 6.07) is 0. The molecule has 0 atom stereocenters. The first-order chi connectivity index (χ1) is 4.63. The highest BCUT2D eigenvalue weighted by Gasteiger charge is 1.89. The normalized spacial score (nSPS) is 11.3. The fourth-order valence-electron chi connectivity index (χ4n) is 0.554. The summed E-state index contributed by atoms with van der Waals surface area (Å²) in [5.74, 6) is 0.763. The topological polar surface area (TPSA) is 15.6 Å². The third kappa shape index (κ3) is 7.47. The van der Waals surface area contributed by atoms with Crippen LogP contribution in [0.2, 0.25) is 0 Å². The molecule has 0 spiro atoms. The first kappa shape index (κ1) is 9.47. The minimum atomic E-state index is 0.763. The summed E-state index contributed by atoms with van der Waals surface area (Å²) in [5, 5.41) is 0. The van der Waals surface area contributed by atoms with Crippen LogP contribution >= 0.6 is 0 Å². The van der Waals surface area contributed by atoms with Crippen LogP contribution in [-0.2, 0) is 0 Å². The van der Waals surface area contributed by atoms with Gasteiger partial charge in [-0.05, 0) is 12.3 Å². The summed E-state index contributed by atoms with van der Waals surface area (Å²) < 4.78 is 0. The van der Waals surface area contributed by atoms with Crippen molar-refractivity contribution in [3.63, 3.8) is 0 Å². The molecule has 0 aliphatic rings. The van der Waals surface area contributed by atoms with Gasteiger partial charge in [0.15, 0.2) is 0 Å². The van der Waals surface area contributed by atoms with E-state index in [1.807, 2.05) is 25.3 Å². The second-order valence-corrected chi connectivity index (χ2v) is 3.17. The van der Waals surface area contributed by atoms with E-state index in [2.05, 4.69) is 18.8 Å². The highest BCUT2D eigenvalue weighted by molar-refractivity contribution is 5.53. The minimum absolute atomic E-state index is 0.763. The summed E-state index contributed by atoms with van der Waals surface area (Å²) in [4.78, 5) is 6.17. The lowest BCUT2D eigenvalue weighted by Gasteiger charge is -2.03. The smallest absolute Gasteiger partial charge is 0.0844 e. The van der Waals surface area contributed by atoms with Gasteiger partial charge in [-0.2, -0.15) is 0 Å². The summed E-state index contributed by atoms with van der Waals surface area (Å²) in [6.07, 6.45) is 3.05. The van der Waals surface area contributed by atoms with Crippen molar-refractivity contribution in [2.24, 2.45) is 10.9 Å². The fraction of sp³-hybridized carbons (Fsp3) is 0.875. The molecule has 0 fully saturated rings. The molecule has 2 nitrogen and oxygen atoms in total. The lowest BCUT2D eigenvalue weighted by Crippen LogP contribution is -2.08. The lowest BCUT2D eigenvalue weighted by atomic mass is 10.1. The van der Waals surface area contributed by atoms with Gasteiger partial charge in [-0.3, -0.25) is 4.99 Å². The van der Waals surface area contributed by atoms with Crippen LogP contribution in [0.1, 0.15) is 20.3 Å². The molecule has 2 heteroatoms. The number of hydrogen-bond donors (Lipinski definition) is 0. The first-order valence-corrected chi connectivity index (χ1v) is 3.79. The summed E-state index contributed by atoms with van der Waals surface area (Å²) >= 11 is 0. The van der Waals surface area contributed by atoms with E-state index >= 15 is 0 Å². The zero-order valence-electron chi connectivity index (χ0n) is 7.46. The van der Waals surface area contributed by atoms with Gasteiger partial charge in [0, 0.05) is 20.6 Å². The van der Waals surface area contributed by atoms with E-state index < -0.39 is 0 Å². The highest BCUT2D eigenvalue weighted by atomic mass is 15.1. The van der Waals surface area contributed by atoms with Gasteiger partial charge in [0.25, 0.3) is 0 Å². The van der Waals surface area contributed by atoms with Gasteiger partial charge in [-0.25, -0.2) is 0 Å². The molecule has 0 rings (SSSR count). The van der Waals surface area contributed by atoms with Gasteiger partial charge in [0.1, 0.15) is 0 Å². The average Bonchev–Trinajstić information content (AvgIpc) is 1.79. The molecule has 0 aromatic heterocycles. The summed E-state index contributed by atoms with van der Waals surface area (Å²) in [5.41, 5.74) is 0. The van der Waals surface area contributed by atoms with E-state index in [9.17, 15) is 0 Å². The Morgan fingerprint density at radius 3 is 2.40 bits per heavy atom. The predicted octanol–water partition coefficient (Wildman–Crippen LogP) is 1.62. The van der Waals surface area contributed by atoms with Crippen molar-refractivity contribution in [1.82, 2.24) is 4.90 Å². The van der Waals surface area contributed by atoms with E-state index in [0.29, 0.717) is 0 Å². The Hall–Kier alpha value is -0.530. The number of aliphatic imine (C=N–C) groups is 1. The van der Waals surface area contributed by atoms with Gasteiger partial charge < -0.3 is 4.90 Å². The summed E-state index contributed by atoms with van der Waals surface area (Å²) in [6.45, 7) is 5.38. The minimum Gasteiger partial charge on any atom is -0.369 e. The maximum atomic E-state index is 4.21. The Morgan fingerprint density at radius 2 is 2.00 bits per heavy atom. The van der Waals surface area contributed by atoms with Crippen LogP contribution in [0, 0.1) is 5.92 Å². The quantitative estimate of drug-likeness (QED) is 0.430. The lowest BCUT2D eigenvalue weighted by molar-refractivity contribution is 0.588. The molecular formula is C8H18N2. The third-order valence-corrected chi connectivity index (χ3v) is 1.15. The van der Waals surface area contributed by atoms with Gasteiger partial charge >= 0.3 is 0 Å². The standard InChI is InChI=1S/C8H18N2/c1-8(2)5-6-9-7-10(3)4/h7-8H,5-6H2,1-4H3. The van der Waals surface area contributed by atoms with Crippen LogP contribution in [0.3, 0.4) is 0 Å². The predicted molar refractivity (Wildman–Crippen MR) is 46.5 cm³/mol. The molecule has 0 aliphatic carbocycles. The Balaban J connectivity index is 3.19. The van der Waals surface area contributed by atoms with Crippen LogP contribution in [0.4, 0.5) is 0 Å². The van der Waals surface area contributed by atoms with E-state index in [4.69, 9.17) is 0 Å². The molecule has 0 aromatic rings. The SMILES string of the molecule is CC(C)CCN=CN(C)C. The van der Waals surface area contributed by atoms with E-state index in [1.165, 1.54) is 6.42 Å². The number of rotatable bonds is 4. The van der Waals surface area contributed by atoms with Crippen LogP contribution in [0.25, 0.3) is 0 Å². The zero-order valence-corrected chi connectivity index (χ0v) is 7.46. The summed E-state index contributed by atoms with van der Waals surface area (Å²) in [7, 11) is 3.97. The number of hydrogen-bond acceptors (Lipinski definition) is 1. The molecule has 0 bridgehead atoms. The maximum Gasteiger partial charge on any atom is 0.0844 e. The molecular weight excluding hydrogens is 124 g/mol.